The second-order valence-electron chi connectivity index (χ2n) is 5.27. The molecule has 0 spiro atoms. The third-order valence-corrected chi connectivity index (χ3v) is 3.56. The van der Waals surface area contributed by atoms with E-state index < -0.39 is 0 Å². The number of nitrogens with one attached hydrogen (secondary N) is 1. The molecular weight excluding hydrogens is 232 g/mol. The number of nitrogens with zero attached hydrogens (tertiary/aromatic N) is 1. The molecule has 0 aromatic heterocycles. The summed E-state index contributed by atoms with van der Waals surface area (Å²) in [4.78, 5) is 2.46. The number of unbranched alkanes of at least 4 members (excludes halogenated alkanes) is 1. The smallest absolute Gasteiger partial charge is 0.0366 e. The molecule has 1 rings (SSSR count). The lowest BCUT2D eigenvalue weighted by molar-refractivity contribution is 0.489. The van der Waals surface area contributed by atoms with Crippen molar-refractivity contribution in [1.82, 2.24) is 5.32 Å². The van der Waals surface area contributed by atoms with Gasteiger partial charge in [0, 0.05) is 24.8 Å². The Morgan fingerprint density at radius 1 is 1.11 bits per heavy atom. The van der Waals surface area contributed by atoms with Crippen molar-refractivity contribution in [3.05, 3.63) is 30.3 Å². The van der Waals surface area contributed by atoms with E-state index in [-0.39, 0.29) is 0 Å². The summed E-state index contributed by atoms with van der Waals surface area (Å²) in [7, 11) is 0. The molecule has 0 aliphatic heterocycles. The number of hydrogen-bond donors (Lipinski definition) is 1. The lowest BCUT2D eigenvalue weighted by Gasteiger charge is -2.23. The summed E-state index contributed by atoms with van der Waals surface area (Å²) in [6, 6.07) is 11.4. The van der Waals surface area contributed by atoms with Crippen LogP contribution in [0.1, 0.15) is 46.5 Å². The molecule has 1 N–H and O–H groups in total. The van der Waals surface area contributed by atoms with Gasteiger partial charge in [-0.3, -0.25) is 0 Å². The summed E-state index contributed by atoms with van der Waals surface area (Å²) in [6.07, 6.45) is 5.09. The van der Waals surface area contributed by atoms with Crippen molar-refractivity contribution in [2.75, 3.05) is 24.5 Å². The Labute approximate surface area is 119 Å². The summed E-state index contributed by atoms with van der Waals surface area (Å²) < 4.78 is 0. The lowest BCUT2D eigenvalue weighted by atomic mass is 10.1. The first-order chi connectivity index (χ1) is 9.27. The van der Waals surface area contributed by atoms with Crippen molar-refractivity contribution in [2.24, 2.45) is 0 Å². The Bertz CT molecular complexity index is 310. The first-order valence-corrected chi connectivity index (χ1v) is 7.81. The molecule has 0 saturated carbocycles. The minimum Gasteiger partial charge on any atom is -0.372 e. The molecule has 0 aliphatic rings. The normalized spacial score (nSPS) is 12.4. The van der Waals surface area contributed by atoms with Crippen LogP contribution in [0, 0.1) is 0 Å². The van der Waals surface area contributed by atoms with E-state index in [0.29, 0.717) is 6.04 Å². The Morgan fingerprint density at radius 2 is 1.84 bits per heavy atom. The summed E-state index contributed by atoms with van der Waals surface area (Å²) in [5.41, 5.74) is 1.35. The molecule has 0 aliphatic carbocycles. The van der Waals surface area contributed by atoms with Crippen molar-refractivity contribution < 1.29 is 0 Å². The average molecular weight is 262 g/mol. The molecule has 1 aromatic rings. The first kappa shape index (κ1) is 16.0. The highest BCUT2D eigenvalue weighted by Gasteiger charge is 2.04. The van der Waals surface area contributed by atoms with Gasteiger partial charge in [-0.2, -0.15) is 0 Å². The van der Waals surface area contributed by atoms with Crippen LogP contribution >= 0.6 is 0 Å². The molecule has 0 saturated heterocycles. The molecule has 1 unspecified atom stereocenters. The molecule has 0 bridgehead atoms. The topological polar surface area (TPSA) is 15.3 Å². The lowest BCUT2D eigenvalue weighted by Crippen LogP contribution is -2.27. The van der Waals surface area contributed by atoms with Gasteiger partial charge in [0.25, 0.3) is 0 Å². The zero-order chi connectivity index (χ0) is 13.9. The summed E-state index contributed by atoms with van der Waals surface area (Å²) in [6.45, 7) is 10.2. The summed E-state index contributed by atoms with van der Waals surface area (Å²) >= 11 is 0. The van der Waals surface area contributed by atoms with E-state index in [1.807, 2.05) is 0 Å². The van der Waals surface area contributed by atoms with Crippen LogP contribution in [0.2, 0.25) is 0 Å². The molecule has 2 heteroatoms. The minimum atomic E-state index is 0.659. The molecular formula is C17H30N2. The van der Waals surface area contributed by atoms with E-state index in [4.69, 9.17) is 0 Å². The van der Waals surface area contributed by atoms with Gasteiger partial charge in [-0.05, 0) is 51.8 Å². The SMILES string of the molecule is CCCNC(C)CCCCN(CC)c1ccccc1. The second kappa shape index (κ2) is 9.85. The van der Waals surface area contributed by atoms with Crippen LogP contribution < -0.4 is 10.2 Å². The van der Waals surface area contributed by atoms with Gasteiger partial charge in [-0.1, -0.05) is 31.5 Å². The van der Waals surface area contributed by atoms with Gasteiger partial charge in [0.15, 0.2) is 0 Å². The van der Waals surface area contributed by atoms with Crippen LogP contribution in [-0.2, 0) is 0 Å². The fourth-order valence-corrected chi connectivity index (χ4v) is 2.35. The van der Waals surface area contributed by atoms with E-state index >= 15 is 0 Å². The molecule has 0 amide bonds. The van der Waals surface area contributed by atoms with Crippen LogP contribution in [0.3, 0.4) is 0 Å². The maximum atomic E-state index is 3.55. The predicted octanol–water partition coefficient (Wildman–Crippen LogP) is 4.07. The van der Waals surface area contributed by atoms with Crippen molar-refractivity contribution in [1.29, 1.82) is 0 Å². The molecule has 0 heterocycles. The third kappa shape index (κ3) is 6.63. The Balaban J connectivity index is 2.20. The molecule has 0 fully saturated rings. The number of rotatable bonds is 10. The predicted molar refractivity (Wildman–Crippen MR) is 85.9 cm³/mol. The average Bonchev–Trinajstić information content (AvgIpc) is 2.46. The van der Waals surface area contributed by atoms with Crippen molar-refractivity contribution in [3.8, 4) is 0 Å². The van der Waals surface area contributed by atoms with E-state index in [1.54, 1.807) is 0 Å². The molecule has 1 aromatic carbocycles. The largest absolute Gasteiger partial charge is 0.372 e. The van der Waals surface area contributed by atoms with E-state index in [9.17, 15) is 0 Å². The van der Waals surface area contributed by atoms with E-state index in [2.05, 4.69) is 61.3 Å². The van der Waals surface area contributed by atoms with E-state index in [1.165, 1.54) is 37.9 Å². The molecule has 2 nitrogen and oxygen atoms in total. The van der Waals surface area contributed by atoms with Crippen molar-refractivity contribution >= 4 is 5.69 Å². The van der Waals surface area contributed by atoms with Crippen molar-refractivity contribution in [3.63, 3.8) is 0 Å². The molecule has 108 valence electrons. The molecule has 0 radical (unpaired) electrons. The fraction of sp³-hybridized carbons (Fsp3) is 0.647. The second-order valence-corrected chi connectivity index (χ2v) is 5.27. The summed E-state index contributed by atoms with van der Waals surface area (Å²) in [5, 5.41) is 3.55. The fourth-order valence-electron chi connectivity index (χ4n) is 2.35. The van der Waals surface area contributed by atoms with Gasteiger partial charge >= 0.3 is 0 Å². The van der Waals surface area contributed by atoms with Gasteiger partial charge in [-0.25, -0.2) is 0 Å². The summed E-state index contributed by atoms with van der Waals surface area (Å²) in [5.74, 6) is 0. The minimum absolute atomic E-state index is 0.659. The number of benzene rings is 1. The van der Waals surface area contributed by atoms with Gasteiger partial charge in [0.2, 0.25) is 0 Å². The highest BCUT2D eigenvalue weighted by molar-refractivity contribution is 5.45. The maximum absolute atomic E-state index is 3.55. The van der Waals surface area contributed by atoms with Gasteiger partial charge in [0.05, 0.1) is 0 Å². The standard InChI is InChI=1S/C17H30N2/c1-4-14-18-16(3)11-9-10-15-19(5-2)17-12-7-6-8-13-17/h6-8,12-13,16,18H,4-5,9-11,14-15H2,1-3H3. The number of para-hydroxylation sites is 1. The van der Waals surface area contributed by atoms with Crippen LogP contribution in [0.5, 0.6) is 0 Å². The van der Waals surface area contributed by atoms with Gasteiger partial charge < -0.3 is 10.2 Å². The monoisotopic (exact) mass is 262 g/mol. The molecule has 1 atom stereocenters. The Morgan fingerprint density at radius 3 is 2.47 bits per heavy atom. The van der Waals surface area contributed by atoms with Crippen LogP contribution in [0.15, 0.2) is 30.3 Å². The van der Waals surface area contributed by atoms with Crippen LogP contribution in [0.4, 0.5) is 5.69 Å². The Kier molecular flexibility index (Phi) is 8.31. The van der Waals surface area contributed by atoms with Crippen LogP contribution in [-0.4, -0.2) is 25.7 Å². The first-order valence-electron chi connectivity index (χ1n) is 7.81. The van der Waals surface area contributed by atoms with Crippen LogP contribution in [0.25, 0.3) is 0 Å². The molecule has 19 heavy (non-hydrogen) atoms. The quantitative estimate of drug-likeness (QED) is 0.639. The zero-order valence-corrected chi connectivity index (χ0v) is 12.9. The Hall–Kier alpha value is -1.02. The van der Waals surface area contributed by atoms with E-state index in [0.717, 1.165) is 13.1 Å². The van der Waals surface area contributed by atoms with Gasteiger partial charge in [-0.15, -0.1) is 0 Å². The zero-order valence-electron chi connectivity index (χ0n) is 12.9. The highest BCUT2D eigenvalue weighted by Crippen LogP contribution is 2.14. The maximum Gasteiger partial charge on any atom is 0.0366 e. The number of hydrogen-bond acceptors (Lipinski definition) is 2. The van der Waals surface area contributed by atoms with Crippen molar-refractivity contribution in [2.45, 2.75) is 52.5 Å². The van der Waals surface area contributed by atoms with Gasteiger partial charge in [0.1, 0.15) is 0 Å². The third-order valence-electron chi connectivity index (χ3n) is 3.56. The highest BCUT2D eigenvalue weighted by atomic mass is 15.1. The number of anilines is 1.